The molecule has 2 aromatic rings. The molecule has 2 N–H and O–H groups in total. The lowest BCUT2D eigenvalue weighted by Gasteiger charge is -2.04. The lowest BCUT2D eigenvalue weighted by Crippen LogP contribution is -2.13. The van der Waals surface area contributed by atoms with Gasteiger partial charge in [-0.05, 0) is 19.0 Å². The molecule has 0 spiro atoms. The van der Waals surface area contributed by atoms with Crippen molar-refractivity contribution in [3.63, 3.8) is 0 Å². The average Bonchev–Trinajstić information content (AvgIpc) is 2.89. The second-order valence-corrected chi connectivity index (χ2v) is 5.63. The van der Waals surface area contributed by atoms with Crippen LogP contribution in [-0.2, 0) is 6.54 Å². The monoisotopic (exact) mass is 326 g/mol. The topological polar surface area (TPSA) is 80.1 Å². The first kappa shape index (κ1) is 15.7. The van der Waals surface area contributed by atoms with E-state index in [4.69, 9.17) is 11.6 Å². The van der Waals surface area contributed by atoms with Gasteiger partial charge < -0.3 is 10.6 Å². The van der Waals surface area contributed by atoms with Crippen molar-refractivity contribution < 1.29 is 4.92 Å². The van der Waals surface area contributed by atoms with Crippen LogP contribution in [0.3, 0.4) is 0 Å². The summed E-state index contributed by atoms with van der Waals surface area (Å²) in [6.07, 6.45) is 1.08. The first-order valence-corrected chi connectivity index (χ1v) is 7.72. The molecule has 112 valence electrons. The van der Waals surface area contributed by atoms with Gasteiger partial charge >= 0.3 is 0 Å². The maximum absolute atomic E-state index is 10.7. The van der Waals surface area contributed by atoms with E-state index in [1.807, 2.05) is 5.38 Å². The molecule has 0 aliphatic carbocycles. The van der Waals surface area contributed by atoms with Gasteiger partial charge in [0, 0.05) is 24.1 Å². The molecule has 0 unspecified atom stereocenters. The minimum absolute atomic E-state index is 0.0332. The summed E-state index contributed by atoms with van der Waals surface area (Å²) in [5.74, 6) is 0. The number of nitro benzene ring substituents is 1. The van der Waals surface area contributed by atoms with Gasteiger partial charge in [-0.25, -0.2) is 4.98 Å². The van der Waals surface area contributed by atoms with Crippen LogP contribution in [0.1, 0.15) is 19.0 Å². The molecule has 8 heteroatoms. The van der Waals surface area contributed by atoms with E-state index in [2.05, 4.69) is 22.5 Å². The largest absolute Gasteiger partial charge is 0.330 e. The Morgan fingerprint density at radius 1 is 1.48 bits per heavy atom. The van der Waals surface area contributed by atoms with E-state index in [0.717, 1.165) is 25.2 Å². The number of thiazole rings is 1. The number of anilines is 2. The van der Waals surface area contributed by atoms with E-state index < -0.39 is 4.92 Å². The van der Waals surface area contributed by atoms with E-state index in [-0.39, 0.29) is 5.69 Å². The number of nitrogens with zero attached hydrogens (tertiary/aromatic N) is 2. The van der Waals surface area contributed by atoms with Crippen LogP contribution in [0.4, 0.5) is 16.5 Å². The Labute approximate surface area is 131 Å². The van der Waals surface area contributed by atoms with Crippen molar-refractivity contribution in [1.82, 2.24) is 10.3 Å². The summed E-state index contributed by atoms with van der Waals surface area (Å²) in [6.45, 7) is 3.78. The fourth-order valence-corrected chi connectivity index (χ4v) is 2.62. The number of non-ortho nitro benzene ring substituents is 1. The van der Waals surface area contributed by atoms with Crippen molar-refractivity contribution in [1.29, 1.82) is 0 Å². The summed E-state index contributed by atoms with van der Waals surface area (Å²) in [5.41, 5.74) is 1.52. The fraction of sp³-hybridized carbons (Fsp3) is 0.308. The number of nitrogens with one attached hydrogen (secondary N) is 2. The summed E-state index contributed by atoms with van der Waals surface area (Å²) in [7, 11) is 0. The molecule has 0 aliphatic rings. The highest BCUT2D eigenvalue weighted by Crippen LogP contribution is 2.30. The van der Waals surface area contributed by atoms with Crippen molar-refractivity contribution in [2.24, 2.45) is 0 Å². The van der Waals surface area contributed by atoms with Crippen LogP contribution in [-0.4, -0.2) is 16.5 Å². The summed E-state index contributed by atoms with van der Waals surface area (Å²) in [4.78, 5) is 14.6. The van der Waals surface area contributed by atoms with Gasteiger partial charge in [0.15, 0.2) is 5.13 Å². The minimum Gasteiger partial charge on any atom is -0.330 e. The lowest BCUT2D eigenvalue weighted by atomic mass is 10.3. The lowest BCUT2D eigenvalue weighted by molar-refractivity contribution is -0.384. The third-order valence-corrected chi connectivity index (χ3v) is 3.81. The molecule has 0 bridgehead atoms. The Kier molecular flexibility index (Phi) is 5.49. The normalized spacial score (nSPS) is 10.6. The second-order valence-electron chi connectivity index (χ2n) is 4.37. The van der Waals surface area contributed by atoms with Crippen LogP contribution in [0.2, 0.25) is 5.02 Å². The van der Waals surface area contributed by atoms with Crippen LogP contribution in [0.15, 0.2) is 23.6 Å². The molecular weight excluding hydrogens is 312 g/mol. The van der Waals surface area contributed by atoms with Gasteiger partial charge in [0.2, 0.25) is 0 Å². The third kappa shape index (κ3) is 4.38. The Morgan fingerprint density at radius 2 is 2.29 bits per heavy atom. The Morgan fingerprint density at radius 3 is 2.95 bits per heavy atom. The zero-order valence-electron chi connectivity index (χ0n) is 11.4. The Hall–Kier alpha value is -1.70. The molecule has 0 amide bonds. The highest BCUT2D eigenvalue weighted by molar-refractivity contribution is 7.13. The van der Waals surface area contributed by atoms with Crippen LogP contribution in [0, 0.1) is 10.1 Å². The van der Waals surface area contributed by atoms with Gasteiger partial charge in [-0.1, -0.05) is 18.5 Å². The van der Waals surface area contributed by atoms with Crippen molar-refractivity contribution >= 4 is 39.4 Å². The summed E-state index contributed by atoms with van der Waals surface area (Å²) < 4.78 is 0. The Balaban J connectivity index is 2.03. The maximum atomic E-state index is 10.7. The predicted octanol–water partition coefficient (Wildman–Crippen LogP) is 3.95. The van der Waals surface area contributed by atoms with E-state index in [1.54, 1.807) is 6.07 Å². The first-order valence-electron chi connectivity index (χ1n) is 6.46. The molecule has 2 rings (SSSR count). The maximum Gasteiger partial charge on any atom is 0.271 e. The summed E-state index contributed by atoms with van der Waals surface area (Å²) in [5, 5.41) is 20.0. The van der Waals surface area contributed by atoms with Gasteiger partial charge in [0.1, 0.15) is 0 Å². The minimum atomic E-state index is -0.476. The number of halogens is 1. The molecule has 21 heavy (non-hydrogen) atoms. The van der Waals surface area contributed by atoms with Crippen LogP contribution in [0.25, 0.3) is 0 Å². The van der Waals surface area contributed by atoms with E-state index in [0.29, 0.717) is 15.8 Å². The highest BCUT2D eigenvalue weighted by Gasteiger charge is 2.10. The molecule has 0 atom stereocenters. The molecular formula is C13H15ClN4O2S. The van der Waals surface area contributed by atoms with E-state index in [1.165, 1.54) is 23.5 Å². The number of rotatable bonds is 7. The number of aromatic nitrogens is 1. The number of benzene rings is 1. The number of hydrogen-bond donors (Lipinski definition) is 2. The van der Waals surface area contributed by atoms with Gasteiger partial charge in [-0.2, -0.15) is 0 Å². The number of hydrogen-bond acceptors (Lipinski definition) is 6. The average molecular weight is 327 g/mol. The van der Waals surface area contributed by atoms with Gasteiger partial charge in [-0.3, -0.25) is 10.1 Å². The smallest absolute Gasteiger partial charge is 0.271 e. The Bertz CT molecular complexity index is 632. The fourth-order valence-electron chi connectivity index (χ4n) is 1.67. The van der Waals surface area contributed by atoms with Crippen molar-refractivity contribution in [2.75, 3.05) is 11.9 Å². The van der Waals surface area contributed by atoms with E-state index >= 15 is 0 Å². The van der Waals surface area contributed by atoms with Gasteiger partial charge in [0.25, 0.3) is 5.69 Å². The first-order chi connectivity index (χ1) is 10.1. The van der Waals surface area contributed by atoms with E-state index in [9.17, 15) is 10.1 Å². The quantitative estimate of drug-likeness (QED) is 0.457. The van der Waals surface area contributed by atoms with Crippen LogP contribution >= 0.6 is 22.9 Å². The SMILES string of the molecule is CCCNCc1csc(Nc2ccc([N+](=O)[O-])cc2Cl)n1. The molecule has 1 aromatic heterocycles. The van der Waals surface area contributed by atoms with Crippen LogP contribution < -0.4 is 10.6 Å². The van der Waals surface area contributed by atoms with Gasteiger partial charge in [0.05, 0.1) is 21.3 Å². The van der Waals surface area contributed by atoms with Crippen molar-refractivity contribution in [3.8, 4) is 0 Å². The highest BCUT2D eigenvalue weighted by atomic mass is 35.5. The molecule has 1 heterocycles. The summed E-state index contributed by atoms with van der Waals surface area (Å²) >= 11 is 7.50. The standard InChI is InChI=1S/C13H15ClN4O2S/c1-2-5-15-7-9-8-21-13(16-9)17-12-4-3-10(18(19)20)6-11(12)14/h3-4,6,8,15H,2,5,7H2,1H3,(H,16,17). The van der Waals surface area contributed by atoms with Gasteiger partial charge in [-0.15, -0.1) is 11.3 Å². The molecule has 0 saturated carbocycles. The zero-order chi connectivity index (χ0) is 15.2. The molecule has 6 nitrogen and oxygen atoms in total. The molecule has 0 aliphatic heterocycles. The third-order valence-electron chi connectivity index (χ3n) is 2.69. The van der Waals surface area contributed by atoms with Crippen molar-refractivity contribution in [2.45, 2.75) is 19.9 Å². The predicted molar refractivity (Wildman–Crippen MR) is 85.5 cm³/mol. The zero-order valence-corrected chi connectivity index (χ0v) is 13.0. The molecule has 0 radical (unpaired) electrons. The number of nitro groups is 1. The van der Waals surface area contributed by atoms with Crippen molar-refractivity contribution in [3.05, 3.63) is 44.4 Å². The molecule has 0 fully saturated rings. The van der Waals surface area contributed by atoms with Crippen LogP contribution in [0.5, 0.6) is 0 Å². The summed E-state index contributed by atoms with van der Waals surface area (Å²) in [6, 6.07) is 4.31. The molecule has 1 aromatic carbocycles. The molecule has 0 saturated heterocycles. The second kappa shape index (κ2) is 7.35.